The Kier molecular flexibility index (Phi) is 6.52. The van der Waals surface area contributed by atoms with E-state index in [1.807, 2.05) is 18.2 Å². The number of nitrogens with one attached hydrogen (secondary N) is 1. The molecule has 7 heteroatoms. The molecule has 1 aliphatic heterocycles. The molecule has 1 aromatic carbocycles. The molecule has 0 spiro atoms. The van der Waals surface area contributed by atoms with Gasteiger partial charge in [-0.05, 0) is 25.1 Å². The van der Waals surface area contributed by atoms with Crippen LogP contribution < -0.4 is 5.32 Å². The number of amides is 2. The minimum Gasteiger partial charge on any atom is -0.450 e. The zero-order chi connectivity index (χ0) is 16.7. The number of benzene rings is 1. The van der Waals surface area contributed by atoms with Crippen LogP contribution in [-0.2, 0) is 9.53 Å². The van der Waals surface area contributed by atoms with Gasteiger partial charge in [0.1, 0.15) is 0 Å². The van der Waals surface area contributed by atoms with Crippen molar-refractivity contribution in [2.45, 2.75) is 13.3 Å². The minimum absolute atomic E-state index is 0.0861. The van der Waals surface area contributed by atoms with Gasteiger partial charge in [-0.3, -0.25) is 4.79 Å². The topological polar surface area (TPSA) is 61.9 Å². The van der Waals surface area contributed by atoms with Crippen molar-refractivity contribution in [2.24, 2.45) is 0 Å². The second-order valence-corrected chi connectivity index (χ2v) is 5.69. The molecule has 6 nitrogen and oxygen atoms in total. The summed E-state index contributed by atoms with van der Waals surface area (Å²) in [5.74, 6) is 0.0861. The van der Waals surface area contributed by atoms with Crippen molar-refractivity contribution in [3.8, 4) is 0 Å². The Morgan fingerprint density at radius 1 is 1.22 bits per heavy atom. The Morgan fingerprint density at radius 3 is 2.57 bits per heavy atom. The van der Waals surface area contributed by atoms with Gasteiger partial charge in [0.25, 0.3) is 0 Å². The predicted octanol–water partition coefficient (Wildman–Crippen LogP) is 2.44. The number of anilines is 1. The van der Waals surface area contributed by atoms with Crippen LogP contribution in [0.25, 0.3) is 0 Å². The number of carbonyl (C=O) groups is 2. The van der Waals surface area contributed by atoms with E-state index in [1.54, 1.807) is 22.8 Å². The smallest absolute Gasteiger partial charge is 0.409 e. The van der Waals surface area contributed by atoms with Gasteiger partial charge in [-0.15, -0.1) is 0 Å². The third-order valence-electron chi connectivity index (χ3n) is 3.65. The van der Waals surface area contributed by atoms with E-state index in [-0.39, 0.29) is 12.0 Å². The average molecular weight is 340 g/mol. The Morgan fingerprint density at radius 2 is 1.91 bits per heavy atom. The molecule has 1 saturated heterocycles. The summed E-state index contributed by atoms with van der Waals surface area (Å²) in [5, 5.41) is 3.85. The van der Waals surface area contributed by atoms with Crippen LogP contribution in [0.5, 0.6) is 0 Å². The summed E-state index contributed by atoms with van der Waals surface area (Å²) in [6.45, 7) is 4.84. The Hall–Kier alpha value is -1.95. The molecule has 1 fully saturated rings. The number of hydrogen-bond acceptors (Lipinski definition) is 4. The molecule has 0 unspecified atom stereocenters. The first-order valence-electron chi connectivity index (χ1n) is 7.79. The number of rotatable bonds is 5. The first-order valence-corrected chi connectivity index (χ1v) is 8.17. The molecule has 1 aromatic rings. The fourth-order valence-electron chi connectivity index (χ4n) is 2.42. The molecule has 1 N–H and O–H groups in total. The van der Waals surface area contributed by atoms with Crippen molar-refractivity contribution in [1.82, 2.24) is 9.80 Å². The van der Waals surface area contributed by atoms with Crippen LogP contribution >= 0.6 is 11.6 Å². The van der Waals surface area contributed by atoms with Crippen LogP contribution in [0, 0.1) is 0 Å². The van der Waals surface area contributed by atoms with E-state index in [2.05, 4.69) is 5.32 Å². The average Bonchev–Trinajstić information content (AvgIpc) is 2.55. The summed E-state index contributed by atoms with van der Waals surface area (Å²) in [4.78, 5) is 27.2. The van der Waals surface area contributed by atoms with E-state index < -0.39 is 0 Å². The number of halogens is 1. The maximum atomic E-state index is 12.2. The van der Waals surface area contributed by atoms with Crippen molar-refractivity contribution in [1.29, 1.82) is 0 Å². The second kappa shape index (κ2) is 8.62. The molecule has 1 heterocycles. The lowest BCUT2D eigenvalue weighted by Gasteiger charge is -2.34. The SMILES string of the molecule is CCOC(=O)N1CCN(C(=O)CCNc2cccc(Cl)c2)CC1. The van der Waals surface area contributed by atoms with E-state index in [0.717, 1.165) is 5.69 Å². The molecule has 0 saturated carbocycles. The maximum Gasteiger partial charge on any atom is 0.409 e. The van der Waals surface area contributed by atoms with Gasteiger partial charge in [0.15, 0.2) is 0 Å². The van der Waals surface area contributed by atoms with Gasteiger partial charge >= 0.3 is 6.09 Å². The number of carbonyl (C=O) groups excluding carboxylic acids is 2. The molecule has 0 radical (unpaired) electrons. The normalized spacial score (nSPS) is 14.5. The lowest BCUT2D eigenvalue weighted by atomic mass is 10.2. The first-order chi connectivity index (χ1) is 11.1. The number of piperazine rings is 1. The van der Waals surface area contributed by atoms with Gasteiger partial charge in [-0.1, -0.05) is 17.7 Å². The van der Waals surface area contributed by atoms with Crippen LogP contribution in [0.15, 0.2) is 24.3 Å². The second-order valence-electron chi connectivity index (χ2n) is 5.25. The summed E-state index contributed by atoms with van der Waals surface area (Å²) in [7, 11) is 0. The van der Waals surface area contributed by atoms with Gasteiger partial charge in [0, 0.05) is 49.9 Å². The van der Waals surface area contributed by atoms with Crippen molar-refractivity contribution in [3.05, 3.63) is 29.3 Å². The Bertz CT molecular complexity index is 545. The zero-order valence-electron chi connectivity index (χ0n) is 13.3. The maximum absolute atomic E-state index is 12.2. The van der Waals surface area contributed by atoms with Crippen molar-refractivity contribution in [3.63, 3.8) is 0 Å². The summed E-state index contributed by atoms with van der Waals surface area (Å²) in [6, 6.07) is 7.40. The van der Waals surface area contributed by atoms with Gasteiger partial charge in [0.05, 0.1) is 6.61 Å². The van der Waals surface area contributed by atoms with Crippen molar-refractivity contribution in [2.75, 3.05) is 44.6 Å². The van der Waals surface area contributed by atoms with Crippen molar-refractivity contribution < 1.29 is 14.3 Å². The highest BCUT2D eigenvalue weighted by Crippen LogP contribution is 2.15. The molecule has 1 aliphatic rings. The highest BCUT2D eigenvalue weighted by Gasteiger charge is 2.24. The molecule has 0 atom stereocenters. The van der Waals surface area contributed by atoms with E-state index >= 15 is 0 Å². The van der Waals surface area contributed by atoms with Crippen LogP contribution in [-0.4, -0.2) is 61.1 Å². The number of ether oxygens (including phenoxy) is 1. The Labute approximate surface area is 141 Å². The van der Waals surface area contributed by atoms with Gasteiger partial charge < -0.3 is 19.9 Å². The number of nitrogens with zero attached hydrogens (tertiary/aromatic N) is 2. The lowest BCUT2D eigenvalue weighted by Crippen LogP contribution is -2.50. The lowest BCUT2D eigenvalue weighted by molar-refractivity contribution is -0.132. The third kappa shape index (κ3) is 5.32. The van der Waals surface area contributed by atoms with E-state index in [0.29, 0.717) is 50.8 Å². The van der Waals surface area contributed by atoms with Gasteiger partial charge in [-0.2, -0.15) is 0 Å². The molecule has 0 aliphatic carbocycles. The predicted molar refractivity (Wildman–Crippen MR) is 89.7 cm³/mol. The highest BCUT2D eigenvalue weighted by molar-refractivity contribution is 6.30. The molecule has 2 rings (SSSR count). The quantitative estimate of drug-likeness (QED) is 0.895. The van der Waals surface area contributed by atoms with Crippen molar-refractivity contribution >= 4 is 29.3 Å². The molecule has 0 bridgehead atoms. The zero-order valence-corrected chi connectivity index (χ0v) is 14.0. The number of hydrogen-bond donors (Lipinski definition) is 1. The van der Waals surface area contributed by atoms with E-state index in [1.165, 1.54) is 0 Å². The standard InChI is InChI=1S/C16H22ClN3O3/c1-2-23-16(22)20-10-8-19(9-11-20)15(21)6-7-18-14-5-3-4-13(17)12-14/h3-5,12,18H,2,6-11H2,1H3. The van der Waals surface area contributed by atoms with Crippen LogP contribution in [0.4, 0.5) is 10.5 Å². The molecule has 126 valence electrons. The highest BCUT2D eigenvalue weighted by atomic mass is 35.5. The molecule has 0 aromatic heterocycles. The summed E-state index contributed by atoms with van der Waals surface area (Å²) >= 11 is 5.91. The minimum atomic E-state index is -0.303. The Balaban J connectivity index is 1.70. The molecule has 2 amide bonds. The molecular formula is C16H22ClN3O3. The summed E-state index contributed by atoms with van der Waals surface area (Å²) < 4.78 is 4.96. The third-order valence-corrected chi connectivity index (χ3v) is 3.89. The van der Waals surface area contributed by atoms with Crippen LogP contribution in [0.2, 0.25) is 5.02 Å². The molecule has 23 heavy (non-hydrogen) atoms. The summed E-state index contributed by atoms with van der Waals surface area (Å²) in [6.07, 6.45) is 0.105. The monoisotopic (exact) mass is 339 g/mol. The van der Waals surface area contributed by atoms with Crippen LogP contribution in [0.1, 0.15) is 13.3 Å². The summed E-state index contributed by atoms with van der Waals surface area (Å²) in [5.41, 5.74) is 0.900. The fraction of sp³-hybridized carbons (Fsp3) is 0.500. The first kappa shape index (κ1) is 17.4. The largest absolute Gasteiger partial charge is 0.450 e. The van der Waals surface area contributed by atoms with Gasteiger partial charge in [-0.25, -0.2) is 4.79 Å². The van der Waals surface area contributed by atoms with Gasteiger partial charge in [0.2, 0.25) is 5.91 Å². The molecular weight excluding hydrogens is 318 g/mol. The fourth-order valence-corrected chi connectivity index (χ4v) is 2.61. The van der Waals surface area contributed by atoms with E-state index in [9.17, 15) is 9.59 Å². The van der Waals surface area contributed by atoms with E-state index in [4.69, 9.17) is 16.3 Å². The van der Waals surface area contributed by atoms with Crippen LogP contribution in [0.3, 0.4) is 0 Å².